The molecule has 13 rings (SSSR count). The van der Waals surface area contributed by atoms with E-state index in [2.05, 4.69) is 211 Å². The molecule has 0 radical (unpaired) electrons. The quantitative estimate of drug-likeness (QED) is 0.165. The Kier molecular flexibility index (Phi) is 6.51. The fourth-order valence-electron chi connectivity index (χ4n) is 10.4. The lowest BCUT2D eigenvalue weighted by atomic mass is 9.82. The Bertz CT molecular complexity index is 3750. The zero-order valence-corrected chi connectivity index (χ0v) is 32.7. The molecule has 0 saturated heterocycles. The van der Waals surface area contributed by atoms with Crippen LogP contribution >= 0.6 is 0 Å². The number of aromatic nitrogens is 3. The van der Waals surface area contributed by atoms with Gasteiger partial charge in [-0.15, -0.1) is 0 Å². The van der Waals surface area contributed by atoms with E-state index in [0.717, 1.165) is 33.8 Å². The van der Waals surface area contributed by atoms with Gasteiger partial charge in [-0.25, -0.2) is 4.98 Å². The van der Waals surface area contributed by atoms with Crippen LogP contribution in [0, 0.1) is 0 Å². The Hall–Kier alpha value is -7.49. The molecule has 59 heavy (non-hydrogen) atoms. The number of rotatable bonds is 3. The molecule has 0 amide bonds. The molecule has 0 unspecified atom stereocenters. The highest BCUT2D eigenvalue weighted by Crippen LogP contribution is 2.51. The fourth-order valence-corrected chi connectivity index (χ4v) is 10.4. The van der Waals surface area contributed by atoms with Crippen LogP contribution in [0.2, 0.25) is 0 Å². The van der Waals surface area contributed by atoms with Crippen LogP contribution in [-0.2, 0) is 5.41 Å². The summed E-state index contributed by atoms with van der Waals surface area (Å²) in [5.41, 5.74) is 13.1. The van der Waals surface area contributed by atoms with Gasteiger partial charge in [-0.2, -0.15) is 0 Å². The third kappa shape index (κ3) is 4.50. The zero-order chi connectivity index (χ0) is 39.0. The minimum atomic E-state index is -0.121. The van der Waals surface area contributed by atoms with Crippen LogP contribution in [0.1, 0.15) is 25.0 Å². The smallest absolute Gasteiger partial charge is 0.145 e. The van der Waals surface area contributed by atoms with Gasteiger partial charge < -0.3 is 4.57 Å². The van der Waals surface area contributed by atoms with Gasteiger partial charge in [-0.05, 0) is 138 Å². The summed E-state index contributed by atoms with van der Waals surface area (Å²) in [5.74, 6) is 0.928. The number of hydrogen-bond acceptors (Lipinski definition) is 1. The molecule has 0 saturated carbocycles. The van der Waals surface area contributed by atoms with Crippen molar-refractivity contribution in [2.45, 2.75) is 19.3 Å². The van der Waals surface area contributed by atoms with E-state index in [1.54, 1.807) is 0 Å². The Morgan fingerprint density at radius 3 is 1.75 bits per heavy atom. The van der Waals surface area contributed by atoms with Crippen LogP contribution in [0.3, 0.4) is 0 Å². The molecule has 1 aliphatic rings. The van der Waals surface area contributed by atoms with Crippen molar-refractivity contribution >= 4 is 75.9 Å². The van der Waals surface area contributed by atoms with Crippen molar-refractivity contribution in [2.24, 2.45) is 0 Å². The summed E-state index contributed by atoms with van der Waals surface area (Å²) in [6, 6.07) is 69.4. The van der Waals surface area contributed by atoms with Gasteiger partial charge in [0.25, 0.3) is 0 Å². The van der Waals surface area contributed by atoms with E-state index in [0.29, 0.717) is 0 Å². The average Bonchev–Trinajstić information content (AvgIpc) is 3.90. The molecule has 2 heterocycles. The first-order valence-corrected chi connectivity index (χ1v) is 20.5. The molecule has 0 bridgehead atoms. The van der Waals surface area contributed by atoms with Crippen molar-refractivity contribution in [2.75, 3.05) is 0 Å². The normalized spacial score (nSPS) is 13.4. The second-order valence-electron chi connectivity index (χ2n) is 16.8. The van der Waals surface area contributed by atoms with Gasteiger partial charge in [-0.3, -0.25) is 4.57 Å². The third-order valence-corrected chi connectivity index (χ3v) is 13.3. The van der Waals surface area contributed by atoms with Crippen molar-refractivity contribution < 1.29 is 0 Å². The highest BCUT2D eigenvalue weighted by molar-refractivity contribution is 6.29. The summed E-state index contributed by atoms with van der Waals surface area (Å²) >= 11 is 0. The van der Waals surface area contributed by atoms with E-state index in [1.807, 2.05) is 0 Å². The van der Waals surface area contributed by atoms with Crippen LogP contribution < -0.4 is 0 Å². The first-order valence-electron chi connectivity index (χ1n) is 20.5. The molecular weight excluding hydrogens is 715 g/mol. The highest BCUT2D eigenvalue weighted by atomic mass is 15.1. The molecule has 0 aliphatic heterocycles. The first kappa shape index (κ1) is 32.6. The Morgan fingerprint density at radius 1 is 0.373 bits per heavy atom. The van der Waals surface area contributed by atoms with Gasteiger partial charge in [0, 0.05) is 33.1 Å². The van der Waals surface area contributed by atoms with Crippen molar-refractivity contribution in [3.8, 4) is 33.9 Å². The summed E-state index contributed by atoms with van der Waals surface area (Å²) in [6.07, 6.45) is 0. The maximum absolute atomic E-state index is 5.25. The van der Waals surface area contributed by atoms with E-state index >= 15 is 0 Å². The standard InChI is InChI=1S/C56H37N3/c1-56(2)49-20-10-9-19-43(49)46-31-48-47-30-44-41-17-7-5-15-39(41)40-16-6-8-18-42(40)45(44)32-53(47)58(54(48)33-50(46)56)37-26-24-35(25-27-37)55-57-51-21-11-12-22-52(51)59(55)38-28-23-34-13-3-4-14-36(34)29-38/h3-33H,1-2H3. The molecule has 12 aromatic rings. The first-order chi connectivity index (χ1) is 29.0. The molecule has 3 nitrogen and oxygen atoms in total. The van der Waals surface area contributed by atoms with Gasteiger partial charge >= 0.3 is 0 Å². The van der Waals surface area contributed by atoms with E-state index in [9.17, 15) is 0 Å². The van der Waals surface area contributed by atoms with Crippen molar-refractivity contribution in [1.82, 2.24) is 14.1 Å². The Balaban J connectivity index is 1.08. The number of fused-ring (bicyclic) bond motifs is 14. The summed E-state index contributed by atoms with van der Waals surface area (Å²) < 4.78 is 4.81. The topological polar surface area (TPSA) is 22.8 Å². The molecule has 0 fully saturated rings. The minimum Gasteiger partial charge on any atom is -0.309 e. The number of imidazole rings is 1. The van der Waals surface area contributed by atoms with Crippen molar-refractivity contribution in [1.29, 1.82) is 0 Å². The molecule has 1 aliphatic carbocycles. The molecule has 2 aromatic heterocycles. The van der Waals surface area contributed by atoms with Crippen LogP contribution in [0.15, 0.2) is 188 Å². The van der Waals surface area contributed by atoms with Gasteiger partial charge in [0.2, 0.25) is 0 Å². The minimum absolute atomic E-state index is 0.121. The number of benzene rings is 10. The van der Waals surface area contributed by atoms with Crippen molar-refractivity contribution in [3.63, 3.8) is 0 Å². The largest absolute Gasteiger partial charge is 0.309 e. The maximum Gasteiger partial charge on any atom is 0.145 e. The maximum atomic E-state index is 5.25. The van der Waals surface area contributed by atoms with Crippen LogP contribution in [0.5, 0.6) is 0 Å². The zero-order valence-electron chi connectivity index (χ0n) is 32.7. The van der Waals surface area contributed by atoms with E-state index in [4.69, 9.17) is 4.98 Å². The summed E-state index contributed by atoms with van der Waals surface area (Å²) in [7, 11) is 0. The Labute approximate surface area is 341 Å². The highest BCUT2D eigenvalue weighted by Gasteiger charge is 2.36. The molecule has 276 valence electrons. The lowest BCUT2D eigenvalue weighted by molar-refractivity contribution is 0.661. The van der Waals surface area contributed by atoms with E-state index in [1.165, 1.54) is 87.1 Å². The lowest BCUT2D eigenvalue weighted by Gasteiger charge is -2.21. The fraction of sp³-hybridized carbons (Fsp3) is 0.0536. The predicted molar refractivity (Wildman–Crippen MR) is 248 cm³/mol. The third-order valence-electron chi connectivity index (χ3n) is 13.3. The summed E-state index contributed by atoms with van der Waals surface area (Å²) in [5, 5.41) is 12.7. The molecule has 0 atom stereocenters. The molecule has 0 spiro atoms. The van der Waals surface area contributed by atoms with Gasteiger partial charge in [0.05, 0.1) is 22.1 Å². The van der Waals surface area contributed by atoms with Crippen LogP contribution in [0.25, 0.3) is 110 Å². The molecule has 10 aromatic carbocycles. The average molecular weight is 752 g/mol. The molecular formula is C56H37N3. The molecule has 0 N–H and O–H groups in total. The van der Waals surface area contributed by atoms with Crippen molar-refractivity contribution in [3.05, 3.63) is 199 Å². The van der Waals surface area contributed by atoms with Gasteiger partial charge in [-0.1, -0.05) is 129 Å². The van der Waals surface area contributed by atoms with Crippen LogP contribution in [0.4, 0.5) is 0 Å². The van der Waals surface area contributed by atoms with Gasteiger partial charge in [0.1, 0.15) is 5.82 Å². The summed E-state index contributed by atoms with van der Waals surface area (Å²) in [4.78, 5) is 5.25. The SMILES string of the molecule is CC1(C)c2ccccc2-c2cc3c4cc5c6ccccc6c6ccccc6c5cc4n(-c4ccc(-c5nc6ccccc6n5-c5ccc6ccccc6c5)cc4)c3cc21. The number of para-hydroxylation sites is 2. The number of nitrogens with zero attached hydrogens (tertiary/aromatic N) is 3. The predicted octanol–water partition coefficient (Wildman–Crippen LogP) is 14.7. The second-order valence-corrected chi connectivity index (χ2v) is 16.8. The number of hydrogen-bond donors (Lipinski definition) is 0. The summed E-state index contributed by atoms with van der Waals surface area (Å²) in [6.45, 7) is 4.75. The monoisotopic (exact) mass is 751 g/mol. The van der Waals surface area contributed by atoms with E-state index in [-0.39, 0.29) is 5.41 Å². The molecule has 3 heteroatoms. The van der Waals surface area contributed by atoms with E-state index < -0.39 is 0 Å². The Morgan fingerprint density at radius 2 is 0.966 bits per heavy atom. The van der Waals surface area contributed by atoms with Crippen LogP contribution in [-0.4, -0.2) is 14.1 Å². The second kappa shape index (κ2) is 11.8. The lowest BCUT2D eigenvalue weighted by Crippen LogP contribution is -2.14. The van der Waals surface area contributed by atoms with Gasteiger partial charge in [0.15, 0.2) is 0 Å².